The van der Waals surface area contributed by atoms with Crippen LogP contribution >= 0.6 is 0 Å². The van der Waals surface area contributed by atoms with E-state index in [0.717, 1.165) is 43.7 Å². The molecule has 1 aliphatic heterocycles. The molecule has 0 saturated carbocycles. The predicted octanol–water partition coefficient (Wildman–Crippen LogP) is 5.24. The number of anilines is 2. The number of benzene rings is 1. The predicted molar refractivity (Wildman–Crippen MR) is 117 cm³/mol. The SMILES string of the molecule is C1=C(CCNc2ccnc(N3CCC(Cc4ccccc4)CC3)n2)CCCC1. The molecule has 2 aliphatic rings. The summed E-state index contributed by atoms with van der Waals surface area (Å²) in [4.78, 5) is 11.6. The maximum atomic E-state index is 4.77. The van der Waals surface area contributed by atoms with Crippen LogP contribution in [0.15, 0.2) is 54.2 Å². The third-order valence-corrected chi connectivity index (χ3v) is 6.04. The first kappa shape index (κ1) is 19.0. The van der Waals surface area contributed by atoms with Crippen molar-refractivity contribution < 1.29 is 0 Å². The van der Waals surface area contributed by atoms with Crippen LogP contribution in [0.2, 0.25) is 0 Å². The standard InChI is InChI=1S/C24H32N4/c1-3-7-20(8-4-1)11-15-25-23-12-16-26-24(27-23)28-17-13-22(14-18-28)19-21-9-5-2-6-10-21/h2,5-7,9-10,12,16,22H,1,3-4,8,11,13-15,17-19H2,(H,25,26,27). The number of aromatic nitrogens is 2. The van der Waals surface area contributed by atoms with Crippen LogP contribution in [0.4, 0.5) is 11.8 Å². The number of allylic oxidation sites excluding steroid dienone is 1. The second kappa shape index (κ2) is 9.72. The highest BCUT2D eigenvalue weighted by atomic mass is 15.3. The lowest BCUT2D eigenvalue weighted by Crippen LogP contribution is -2.35. The van der Waals surface area contributed by atoms with Gasteiger partial charge in [0.1, 0.15) is 5.82 Å². The zero-order valence-corrected chi connectivity index (χ0v) is 16.8. The van der Waals surface area contributed by atoms with Crippen LogP contribution in [-0.4, -0.2) is 29.6 Å². The molecule has 148 valence electrons. The fourth-order valence-corrected chi connectivity index (χ4v) is 4.37. The lowest BCUT2D eigenvalue weighted by atomic mass is 9.90. The highest BCUT2D eigenvalue weighted by molar-refractivity contribution is 5.41. The third kappa shape index (κ3) is 5.34. The van der Waals surface area contributed by atoms with Gasteiger partial charge in [0, 0.05) is 25.8 Å². The number of rotatable bonds is 7. The summed E-state index contributed by atoms with van der Waals surface area (Å²) in [5.74, 6) is 2.59. The van der Waals surface area contributed by atoms with Crippen molar-refractivity contribution in [2.24, 2.45) is 5.92 Å². The van der Waals surface area contributed by atoms with Crippen LogP contribution in [0.5, 0.6) is 0 Å². The van der Waals surface area contributed by atoms with E-state index in [1.807, 2.05) is 12.3 Å². The van der Waals surface area contributed by atoms with Gasteiger partial charge in [-0.05, 0) is 68.9 Å². The van der Waals surface area contributed by atoms with Crippen molar-refractivity contribution in [1.29, 1.82) is 0 Å². The molecule has 1 aliphatic carbocycles. The highest BCUT2D eigenvalue weighted by Gasteiger charge is 2.21. The van der Waals surface area contributed by atoms with Gasteiger partial charge in [-0.15, -0.1) is 0 Å². The van der Waals surface area contributed by atoms with E-state index in [4.69, 9.17) is 4.98 Å². The van der Waals surface area contributed by atoms with E-state index in [2.05, 4.69) is 51.6 Å². The van der Waals surface area contributed by atoms with Gasteiger partial charge in [-0.2, -0.15) is 4.98 Å². The van der Waals surface area contributed by atoms with Gasteiger partial charge in [-0.25, -0.2) is 4.98 Å². The molecule has 4 nitrogen and oxygen atoms in total. The monoisotopic (exact) mass is 376 g/mol. The van der Waals surface area contributed by atoms with Crippen molar-refractivity contribution in [2.45, 2.75) is 51.4 Å². The largest absolute Gasteiger partial charge is 0.370 e. The lowest BCUT2D eigenvalue weighted by Gasteiger charge is -2.32. The van der Waals surface area contributed by atoms with Crippen molar-refractivity contribution in [3.05, 3.63) is 59.8 Å². The first-order valence-corrected chi connectivity index (χ1v) is 10.9. The Morgan fingerprint density at radius 2 is 1.89 bits per heavy atom. The van der Waals surface area contributed by atoms with E-state index in [9.17, 15) is 0 Å². The molecule has 0 atom stereocenters. The van der Waals surface area contributed by atoms with E-state index in [0.29, 0.717) is 0 Å². The van der Waals surface area contributed by atoms with Crippen molar-refractivity contribution in [3.8, 4) is 0 Å². The van der Waals surface area contributed by atoms with Crippen LogP contribution in [0, 0.1) is 5.92 Å². The maximum absolute atomic E-state index is 4.77. The van der Waals surface area contributed by atoms with Crippen LogP contribution < -0.4 is 10.2 Å². The van der Waals surface area contributed by atoms with Crippen LogP contribution in [0.25, 0.3) is 0 Å². The molecule has 1 N–H and O–H groups in total. The quantitative estimate of drug-likeness (QED) is 0.671. The van der Waals surface area contributed by atoms with Crippen molar-refractivity contribution in [2.75, 3.05) is 29.9 Å². The first-order chi connectivity index (χ1) is 13.9. The maximum Gasteiger partial charge on any atom is 0.227 e. The Morgan fingerprint density at radius 1 is 1.04 bits per heavy atom. The first-order valence-electron chi connectivity index (χ1n) is 10.9. The van der Waals surface area contributed by atoms with Crippen molar-refractivity contribution >= 4 is 11.8 Å². The molecular weight excluding hydrogens is 344 g/mol. The highest BCUT2D eigenvalue weighted by Crippen LogP contribution is 2.24. The van der Waals surface area contributed by atoms with Crippen molar-refractivity contribution in [1.82, 2.24) is 9.97 Å². The Morgan fingerprint density at radius 3 is 2.68 bits per heavy atom. The average molecular weight is 377 g/mol. The Kier molecular flexibility index (Phi) is 6.59. The second-order valence-corrected chi connectivity index (χ2v) is 8.15. The number of hydrogen-bond acceptors (Lipinski definition) is 4. The smallest absolute Gasteiger partial charge is 0.227 e. The minimum Gasteiger partial charge on any atom is -0.370 e. The van der Waals surface area contributed by atoms with E-state index >= 15 is 0 Å². The molecule has 28 heavy (non-hydrogen) atoms. The molecule has 0 spiro atoms. The second-order valence-electron chi connectivity index (χ2n) is 8.15. The molecule has 1 aromatic heterocycles. The number of piperidine rings is 1. The zero-order chi connectivity index (χ0) is 19.0. The molecule has 2 heterocycles. The summed E-state index contributed by atoms with van der Waals surface area (Å²) in [6, 6.07) is 12.8. The Hall–Kier alpha value is -2.36. The number of nitrogens with zero attached hydrogens (tertiary/aromatic N) is 3. The molecule has 0 amide bonds. The van der Waals surface area contributed by atoms with Gasteiger partial charge in [0.15, 0.2) is 0 Å². The Balaban J connectivity index is 1.25. The summed E-state index contributed by atoms with van der Waals surface area (Å²) in [7, 11) is 0. The summed E-state index contributed by atoms with van der Waals surface area (Å²) in [6.45, 7) is 3.06. The topological polar surface area (TPSA) is 41.1 Å². The minimum absolute atomic E-state index is 0.767. The fraction of sp³-hybridized carbons (Fsp3) is 0.500. The zero-order valence-electron chi connectivity index (χ0n) is 16.8. The molecule has 0 unspecified atom stereocenters. The van der Waals surface area contributed by atoms with Gasteiger partial charge >= 0.3 is 0 Å². The minimum atomic E-state index is 0.767. The number of hydrogen-bond donors (Lipinski definition) is 1. The molecule has 4 rings (SSSR count). The van der Waals surface area contributed by atoms with Crippen LogP contribution in [0.1, 0.15) is 50.5 Å². The normalized spacial score (nSPS) is 18.0. The molecule has 1 fully saturated rings. The Labute approximate surface area is 169 Å². The van der Waals surface area contributed by atoms with Crippen LogP contribution in [0.3, 0.4) is 0 Å². The molecule has 1 saturated heterocycles. The van der Waals surface area contributed by atoms with Gasteiger partial charge in [-0.1, -0.05) is 42.0 Å². The van der Waals surface area contributed by atoms with Crippen molar-refractivity contribution in [3.63, 3.8) is 0 Å². The van der Waals surface area contributed by atoms with Gasteiger partial charge in [0.2, 0.25) is 5.95 Å². The molecule has 0 radical (unpaired) electrons. The average Bonchev–Trinajstić information content (AvgIpc) is 2.76. The molecule has 0 bridgehead atoms. The van der Waals surface area contributed by atoms with Crippen LogP contribution in [-0.2, 0) is 6.42 Å². The summed E-state index contributed by atoms with van der Waals surface area (Å²) < 4.78 is 0. The lowest BCUT2D eigenvalue weighted by molar-refractivity contribution is 0.400. The van der Waals surface area contributed by atoms with E-state index in [1.165, 1.54) is 50.5 Å². The molecule has 1 aromatic carbocycles. The summed E-state index contributed by atoms with van der Waals surface area (Å²) in [6.07, 6.45) is 14.3. The van der Waals surface area contributed by atoms with E-state index < -0.39 is 0 Å². The third-order valence-electron chi connectivity index (χ3n) is 6.04. The van der Waals surface area contributed by atoms with Gasteiger partial charge in [-0.3, -0.25) is 0 Å². The summed E-state index contributed by atoms with van der Waals surface area (Å²) in [5, 5.41) is 3.49. The van der Waals surface area contributed by atoms with E-state index in [-0.39, 0.29) is 0 Å². The Bertz CT molecular complexity index is 763. The summed E-state index contributed by atoms with van der Waals surface area (Å²) >= 11 is 0. The van der Waals surface area contributed by atoms with Gasteiger partial charge < -0.3 is 10.2 Å². The van der Waals surface area contributed by atoms with Gasteiger partial charge in [0.05, 0.1) is 0 Å². The number of nitrogens with one attached hydrogen (secondary N) is 1. The van der Waals surface area contributed by atoms with E-state index in [1.54, 1.807) is 5.57 Å². The molecule has 2 aromatic rings. The molecular formula is C24H32N4. The summed E-state index contributed by atoms with van der Waals surface area (Å²) in [5.41, 5.74) is 3.06. The fourth-order valence-electron chi connectivity index (χ4n) is 4.37. The van der Waals surface area contributed by atoms with Gasteiger partial charge in [0.25, 0.3) is 0 Å². The molecule has 4 heteroatoms.